The van der Waals surface area contributed by atoms with E-state index in [0.29, 0.717) is 36.5 Å². The molecule has 0 saturated carbocycles. The molecule has 0 radical (unpaired) electrons. The summed E-state index contributed by atoms with van der Waals surface area (Å²) in [5, 5.41) is 3.71. The van der Waals surface area contributed by atoms with Crippen molar-refractivity contribution in [3.05, 3.63) is 70.7 Å². The first kappa shape index (κ1) is 18.5. The Kier molecular flexibility index (Phi) is 5.94. The van der Waals surface area contributed by atoms with Crippen LogP contribution in [0.2, 0.25) is 5.02 Å². The van der Waals surface area contributed by atoms with Crippen LogP contribution in [0.4, 0.5) is 0 Å². The van der Waals surface area contributed by atoms with Gasteiger partial charge >= 0.3 is 0 Å². The second-order valence-electron chi connectivity index (χ2n) is 6.71. The Morgan fingerprint density at radius 2 is 1.65 bits per heavy atom. The number of amides is 2. The van der Waals surface area contributed by atoms with Crippen LogP contribution in [0, 0.1) is 5.92 Å². The normalized spacial score (nSPS) is 16.2. The number of nitrogens with one attached hydrogen (secondary N) is 1. The fraction of sp³-hybridized carbons (Fsp3) is 0.333. The summed E-state index contributed by atoms with van der Waals surface area (Å²) in [7, 11) is 0. The molecule has 1 atom stereocenters. The Morgan fingerprint density at radius 3 is 2.27 bits per heavy atom. The number of carbonyl (C=O) groups excluding carboxylic acids is 2. The lowest BCUT2D eigenvalue weighted by atomic mass is 9.94. The van der Waals surface area contributed by atoms with E-state index in [1.54, 1.807) is 24.3 Å². The third kappa shape index (κ3) is 4.44. The molecule has 0 aromatic heterocycles. The average Bonchev–Trinajstić information content (AvgIpc) is 2.69. The van der Waals surface area contributed by atoms with Gasteiger partial charge in [0.2, 0.25) is 5.91 Å². The number of halogens is 1. The summed E-state index contributed by atoms with van der Waals surface area (Å²) in [5.74, 6) is 0.0218. The van der Waals surface area contributed by atoms with E-state index < -0.39 is 0 Å². The van der Waals surface area contributed by atoms with Crippen LogP contribution in [0.25, 0.3) is 0 Å². The molecule has 1 saturated heterocycles. The van der Waals surface area contributed by atoms with Gasteiger partial charge in [0.1, 0.15) is 0 Å². The van der Waals surface area contributed by atoms with Crippen LogP contribution in [0.5, 0.6) is 0 Å². The van der Waals surface area contributed by atoms with E-state index in [-0.39, 0.29) is 23.8 Å². The number of carbonyl (C=O) groups is 2. The van der Waals surface area contributed by atoms with Gasteiger partial charge in [-0.1, -0.05) is 41.9 Å². The lowest BCUT2D eigenvalue weighted by Gasteiger charge is -2.32. The molecular formula is C21H23ClN2O2. The Bertz CT molecular complexity index is 753. The first-order chi connectivity index (χ1) is 12.5. The molecule has 136 valence electrons. The second kappa shape index (κ2) is 8.37. The molecule has 2 amide bonds. The molecule has 1 N–H and O–H groups in total. The number of likely N-dealkylation sites (tertiary alicyclic amines) is 1. The van der Waals surface area contributed by atoms with E-state index >= 15 is 0 Å². The van der Waals surface area contributed by atoms with Crippen molar-refractivity contribution in [1.29, 1.82) is 0 Å². The molecule has 2 aromatic carbocycles. The molecule has 0 spiro atoms. The molecule has 1 aliphatic rings. The molecule has 0 aliphatic carbocycles. The molecule has 1 aliphatic heterocycles. The predicted molar refractivity (Wildman–Crippen MR) is 103 cm³/mol. The summed E-state index contributed by atoms with van der Waals surface area (Å²) in [6, 6.07) is 16.8. The first-order valence-electron chi connectivity index (χ1n) is 8.95. The molecule has 2 aromatic rings. The van der Waals surface area contributed by atoms with E-state index in [2.05, 4.69) is 5.32 Å². The minimum atomic E-state index is -0.0459. The highest BCUT2D eigenvalue weighted by Gasteiger charge is 2.28. The highest BCUT2D eigenvalue weighted by Crippen LogP contribution is 2.21. The summed E-state index contributed by atoms with van der Waals surface area (Å²) >= 11 is 5.87. The van der Waals surface area contributed by atoms with E-state index in [4.69, 9.17) is 11.6 Å². The van der Waals surface area contributed by atoms with Gasteiger partial charge in [0, 0.05) is 29.6 Å². The van der Waals surface area contributed by atoms with Crippen molar-refractivity contribution in [3.63, 3.8) is 0 Å². The summed E-state index contributed by atoms with van der Waals surface area (Å²) in [5.41, 5.74) is 1.73. The fourth-order valence-electron chi connectivity index (χ4n) is 3.28. The zero-order valence-corrected chi connectivity index (χ0v) is 15.6. The number of hydrogen-bond donors (Lipinski definition) is 1. The SMILES string of the molecule is C[C@H](NC(=O)C1CCN(C(=O)c2ccc(Cl)cc2)CC1)c1ccccc1. The van der Waals surface area contributed by atoms with E-state index in [0.717, 1.165) is 5.56 Å². The minimum Gasteiger partial charge on any atom is -0.349 e. The highest BCUT2D eigenvalue weighted by molar-refractivity contribution is 6.30. The zero-order valence-electron chi connectivity index (χ0n) is 14.8. The van der Waals surface area contributed by atoms with Gasteiger partial charge in [-0.3, -0.25) is 9.59 Å². The van der Waals surface area contributed by atoms with Gasteiger partial charge in [-0.15, -0.1) is 0 Å². The van der Waals surface area contributed by atoms with Gasteiger partial charge in [0.15, 0.2) is 0 Å². The van der Waals surface area contributed by atoms with Crippen molar-refractivity contribution in [1.82, 2.24) is 10.2 Å². The number of hydrogen-bond acceptors (Lipinski definition) is 2. The van der Waals surface area contributed by atoms with Gasteiger partial charge in [-0.25, -0.2) is 0 Å². The van der Waals surface area contributed by atoms with Crippen LogP contribution < -0.4 is 5.32 Å². The van der Waals surface area contributed by atoms with Crippen LogP contribution >= 0.6 is 11.6 Å². The molecule has 1 heterocycles. The molecular weight excluding hydrogens is 348 g/mol. The average molecular weight is 371 g/mol. The number of benzene rings is 2. The topological polar surface area (TPSA) is 49.4 Å². The number of piperidine rings is 1. The molecule has 0 unspecified atom stereocenters. The Balaban J connectivity index is 1.52. The monoisotopic (exact) mass is 370 g/mol. The minimum absolute atomic E-state index is 0.00169. The second-order valence-corrected chi connectivity index (χ2v) is 7.15. The Hall–Kier alpha value is -2.33. The van der Waals surface area contributed by atoms with Gasteiger partial charge < -0.3 is 10.2 Å². The van der Waals surface area contributed by atoms with Crippen molar-refractivity contribution < 1.29 is 9.59 Å². The first-order valence-corrected chi connectivity index (χ1v) is 9.32. The molecule has 4 nitrogen and oxygen atoms in total. The molecule has 1 fully saturated rings. The third-order valence-electron chi connectivity index (χ3n) is 4.90. The lowest BCUT2D eigenvalue weighted by molar-refractivity contribution is -0.126. The van der Waals surface area contributed by atoms with Crippen molar-refractivity contribution in [2.75, 3.05) is 13.1 Å². The van der Waals surface area contributed by atoms with Gasteiger partial charge in [-0.05, 0) is 49.6 Å². The summed E-state index contributed by atoms with van der Waals surface area (Å²) < 4.78 is 0. The standard InChI is InChI=1S/C21H23ClN2O2/c1-15(16-5-3-2-4-6-16)23-20(25)17-11-13-24(14-12-17)21(26)18-7-9-19(22)10-8-18/h2-10,15,17H,11-14H2,1H3,(H,23,25)/t15-/m0/s1. The lowest BCUT2D eigenvalue weighted by Crippen LogP contribution is -2.43. The fourth-order valence-corrected chi connectivity index (χ4v) is 3.40. The Labute approximate surface area is 159 Å². The van der Waals surface area contributed by atoms with Crippen LogP contribution in [-0.4, -0.2) is 29.8 Å². The van der Waals surface area contributed by atoms with Crippen molar-refractivity contribution in [3.8, 4) is 0 Å². The van der Waals surface area contributed by atoms with Crippen molar-refractivity contribution in [2.24, 2.45) is 5.92 Å². The maximum Gasteiger partial charge on any atom is 0.253 e. The summed E-state index contributed by atoms with van der Waals surface area (Å²) in [4.78, 5) is 26.9. The molecule has 0 bridgehead atoms. The van der Waals surface area contributed by atoms with E-state index in [1.807, 2.05) is 42.2 Å². The summed E-state index contributed by atoms with van der Waals surface area (Å²) in [6.07, 6.45) is 1.37. The maximum absolute atomic E-state index is 12.5. The van der Waals surface area contributed by atoms with Crippen LogP contribution in [0.15, 0.2) is 54.6 Å². The molecule has 3 rings (SSSR count). The largest absolute Gasteiger partial charge is 0.349 e. The van der Waals surface area contributed by atoms with Crippen LogP contribution in [0.3, 0.4) is 0 Å². The molecule has 26 heavy (non-hydrogen) atoms. The summed E-state index contributed by atoms with van der Waals surface area (Å²) in [6.45, 7) is 3.19. The predicted octanol–water partition coefficient (Wildman–Crippen LogP) is 4.07. The quantitative estimate of drug-likeness (QED) is 0.881. The van der Waals surface area contributed by atoms with Gasteiger partial charge in [0.25, 0.3) is 5.91 Å². The molecule has 5 heteroatoms. The number of nitrogens with zero attached hydrogens (tertiary/aromatic N) is 1. The highest BCUT2D eigenvalue weighted by atomic mass is 35.5. The van der Waals surface area contributed by atoms with Gasteiger partial charge in [0.05, 0.1) is 6.04 Å². The van der Waals surface area contributed by atoms with E-state index in [9.17, 15) is 9.59 Å². The van der Waals surface area contributed by atoms with Crippen molar-refractivity contribution in [2.45, 2.75) is 25.8 Å². The number of rotatable bonds is 4. The van der Waals surface area contributed by atoms with Crippen LogP contribution in [0.1, 0.15) is 41.7 Å². The maximum atomic E-state index is 12.5. The van der Waals surface area contributed by atoms with E-state index in [1.165, 1.54) is 0 Å². The Morgan fingerprint density at radius 1 is 1.04 bits per heavy atom. The van der Waals surface area contributed by atoms with Crippen LogP contribution in [-0.2, 0) is 4.79 Å². The van der Waals surface area contributed by atoms with Crippen molar-refractivity contribution >= 4 is 23.4 Å². The van der Waals surface area contributed by atoms with Gasteiger partial charge in [-0.2, -0.15) is 0 Å². The zero-order chi connectivity index (χ0) is 18.5. The smallest absolute Gasteiger partial charge is 0.253 e. The third-order valence-corrected chi connectivity index (χ3v) is 5.15.